The second-order valence-electron chi connectivity index (χ2n) is 7.67. The average Bonchev–Trinajstić information content (AvgIpc) is 3.21. The molecular formula is C26H19BrN2O7. The van der Waals surface area contributed by atoms with Crippen molar-refractivity contribution in [3.8, 4) is 11.5 Å². The molecule has 0 radical (unpaired) electrons. The molecule has 0 amide bonds. The molecule has 0 aromatic heterocycles. The molecule has 4 rings (SSSR count). The minimum absolute atomic E-state index is 0.00430. The molecule has 0 N–H and O–H groups in total. The zero-order valence-corrected chi connectivity index (χ0v) is 20.8. The molecule has 10 heteroatoms. The standard InChI is InChI=1S/C26H19BrN2O7/c1-3-34-22-13-16(11-20(27)23(22)35-25(30)18-8-4-6-15(2)10-18)12-21-26(31)36-24(28-21)17-7-5-9-19(14-17)29(32)33/h4-14H,3H2,1-2H3/b21-12-. The average molecular weight is 551 g/mol. The highest BCUT2D eigenvalue weighted by atomic mass is 79.9. The lowest BCUT2D eigenvalue weighted by atomic mass is 10.1. The first kappa shape index (κ1) is 24.8. The Morgan fingerprint density at radius 2 is 1.94 bits per heavy atom. The van der Waals surface area contributed by atoms with Crippen LogP contribution < -0.4 is 9.47 Å². The number of nitro groups is 1. The quantitative estimate of drug-likeness (QED) is 0.123. The number of hydrogen-bond donors (Lipinski definition) is 0. The number of halogens is 1. The molecule has 1 aliphatic heterocycles. The van der Waals surface area contributed by atoms with Crippen LogP contribution >= 0.6 is 15.9 Å². The summed E-state index contributed by atoms with van der Waals surface area (Å²) >= 11 is 3.42. The van der Waals surface area contributed by atoms with Crippen LogP contribution in [0.3, 0.4) is 0 Å². The Hall–Kier alpha value is -4.31. The first-order chi connectivity index (χ1) is 17.2. The number of nitrogens with zero attached hydrogens (tertiary/aromatic N) is 2. The van der Waals surface area contributed by atoms with Crippen LogP contribution in [-0.2, 0) is 9.53 Å². The Morgan fingerprint density at radius 3 is 2.67 bits per heavy atom. The molecule has 0 bridgehead atoms. The molecule has 0 saturated heterocycles. The van der Waals surface area contributed by atoms with Gasteiger partial charge in [0.25, 0.3) is 5.69 Å². The zero-order chi connectivity index (χ0) is 25.8. The number of carbonyl (C=O) groups is 2. The van der Waals surface area contributed by atoms with E-state index in [1.165, 1.54) is 24.3 Å². The van der Waals surface area contributed by atoms with E-state index in [0.29, 0.717) is 27.8 Å². The van der Waals surface area contributed by atoms with Gasteiger partial charge < -0.3 is 14.2 Å². The van der Waals surface area contributed by atoms with Crippen LogP contribution in [0.2, 0.25) is 0 Å². The molecule has 0 fully saturated rings. The number of aliphatic imine (C=N–C) groups is 1. The van der Waals surface area contributed by atoms with Gasteiger partial charge in [0.05, 0.1) is 21.6 Å². The van der Waals surface area contributed by atoms with Crippen molar-refractivity contribution in [2.75, 3.05) is 6.61 Å². The molecule has 0 spiro atoms. The molecule has 0 atom stereocenters. The third-order valence-electron chi connectivity index (χ3n) is 5.01. The van der Waals surface area contributed by atoms with Crippen LogP contribution in [0.25, 0.3) is 6.08 Å². The topological polar surface area (TPSA) is 117 Å². The largest absolute Gasteiger partial charge is 0.490 e. The molecule has 1 aliphatic rings. The molecule has 9 nitrogen and oxygen atoms in total. The number of non-ortho nitro benzene ring substituents is 1. The Balaban J connectivity index is 1.65. The number of ether oxygens (including phenoxy) is 3. The normalized spacial score (nSPS) is 13.8. The van der Waals surface area contributed by atoms with Crippen molar-refractivity contribution in [3.05, 3.63) is 103 Å². The van der Waals surface area contributed by atoms with E-state index in [9.17, 15) is 19.7 Å². The summed E-state index contributed by atoms with van der Waals surface area (Å²) in [4.78, 5) is 39.8. The summed E-state index contributed by atoms with van der Waals surface area (Å²) in [6.45, 7) is 3.97. The van der Waals surface area contributed by atoms with Gasteiger partial charge in [0.1, 0.15) is 0 Å². The summed E-state index contributed by atoms with van der Waals surface area (Å²) in [5, 5.41) is 11.0. The van der Waals surface area contributed by atoms with Crippen LogP contribution in [0.5, 0.6) is 11.5 Å². The number of nitro benzene ring substituents is 1. The number of rotatable bonds is 7. The Labute approximate surface area is 214 Å². The maximum absolute atomic E-state index is 12.7. The molecule has 3 aromatic rings. The number of cyclic esters (lactones) is 1. The molecule has 3 aromatic carbocycles. The Morgan fingerprint density at radius 1 is 1.17 bits per heavy atom. The number of aryl methyl sites for hydroxylation is 1. The summed E-state index contributed by atoms with van der Waals surface area (Å²) in [5.41, 5.74) is 1.99. The lowest BCUT2D eigenvalue weighted by molar-refractivity contribution is -0.384. The third kappa shape index (κ3) is 5.49. The predicted molar refractivity (Wildman–Crippen MR) is 135 cm³/mol. The number of esters is 2. The molecule has 0 aliphatic carbocycles. The van der Waals surface area contributed by atoms with Gasteiger partial charge in [0.2, 0.25) is 5.90 Å². The lowest BCUT2D eigenvalue weighted by Gasteiger charge is -2.14. The van der Waals surface area contributed by atoms with Crippen molar-refractivity contribution >= 4 is 45.5 Å². The van der Waals surface area contributed by atoms with Gasteiger partial charge in [-0.05, 0) is 71.7 Å². The number of hydrogen-bond acceptors (Lipinski definition) is 8. The monoisotopic (exact) mass is 550 g/mol. The van der Waals surface area contributed by atoms with E-state index in [1.807, 2.05) is 13.0 Å². The fourth-order valence-corrected chi connectivity index (χ4v) is 3.94. The summed E-state index contributed by atoms with van der Waals surface area (Å²) < 4.78 is 16.9. The van der Waals surface area contributed by atoms with Crippen molar-refractivity contribution in [1.82, 2.24) is 0 Å². The highest BCUT2D eigenvalue weighted by Gasteiger charge is 2.26. The van der Waals surface area contributed by atoms with E-state index >= 15 is 0 Å². The van der Waals surface area contributed by atoms with Crippen LogP contribution in [-0.4, -0.2) is 29.4 Å². The maximum Gasteiger partial charge on any atom is 0.363 e. The van der Waals surface area contributed by atoms with Crippen molar-refractivity contribution in [1.29, 1.82) is 0 Å². The van der Waals surface area contributed by atoms with Gasteiger partial charge in [-0.2, -0.15) is 0 Å². The van der Waals surface area contributed by atoms with Crippen molar-refractivity contribution in [2.24, 2.45) is 4.99 Å². The van der Waals surface area contributed by atoms with Crippen molar-refractivity contribution in [2.45, 2.75) is 13.8 Å². The third-order valence-corrected chi connectivity index (χ3v) is 5.60. The first-order valence-corrected chi connectivity index (χ1v) is 11.6. The van der Waals surface area contributed by atoms with E-state index in [1.54, 1.807) is 43.3 Å². The number of carbonyl (C=O) groups excluding carboxylic acids is 2. The van der Waals surface area contributed by atoms with Gasteiger partial charge in [0.15, 0.2) is 17.2 Å². The van der Waals surface area contributed by atoms with Crippen molar-refractivity contribution < 1.29 is 28.7 Å². The van der Waals surface area contributed by atoms with E-state index in [2.05, 4.69) is 20.9 Å². The Bertz CT molecular complexity index is 1450. The fraction of sp³-hybridized carbons (Fsp3) is 0.115. The van der Waals surface area contributed by atoms with Crippen LogP contribution in [0, 0.1) is 17.0 Å². The highest BCUT2D eigenvalue weighted by molar-refractivity contribution is 9.10. The van der Waals surface area contributed by atoms with E-state index in [-0.39, 0.29) is 28.8 Å². The van der Waals surface area contributed by atoms with Gasteiger partial charge >= 0.3 is 11.9 Å². The first-order valence-electron chi connectivity index (χ1n) is 10.8. The molecule has 36 heavy (non-hydrogen) atoms. The zero-order valence-electron chi connectivity index (χ0n) is 19.2. The van der Waals surface area contributed by atoms with E-state index in [4.69, 9.17) is 14.2 Å². The van der Waals surface area contributed by atoms with Crippen molar-refractivity contribution in [3.63, 3.8) is 0 Å². The summed E-state index contributed by atoms with van der Waals surface area (Å²) in [6.07, 6.45) is 1.48. The molecule has 0 saturated carbocycles. The van der Waals surface area contributed by atoms with E-state index < -0.39 is 16.9 Å². The minimum atomic E-state index is -0.708. The fourth-order valence-electron chi connectivity index (χ4n) is 3.40. The van der Waals surface area contributed by atoms with E-state index in [0.717, 1.165) is 5.56 Å². The summed E-state index contributed by atoms with van der Waals surface area (Å²) in [5.74, 6) is -0.811. The summed E-state index contributed by atoms with van der Waals surface area (Å²) in [7, 11) is 0. The highest BCUT2D eigenvalue weighted by Crippen LogP contribution is 2.38. The smallest absolute Gasteiger partial charge is 0.363 e. The maximum atomic E-state index is 12.7. The van der Waals surface area contributed by atoms with Crippen LogP contribution in [0.1, 0.15) is 34.0 Å². The van der Waals surface area contributed by atoms with Gasteiger partial charge in [-0.15, -0.1) is 0 Å². The Kier molecular flexibility index (Phi) is 7.25. The molecule has 1 heterocycles. The van der Waals surface area contributed by atoms with Gasteiger partial charge in [-0.3, -0.25) is 10.1 Å². The second-order valence-corrected chi connectivity index (χ2v) is 8.52. The van der Waals surface area contributed by atoms with Gasteiger partial charge in [-0.1, -0.05) is 23.8 Å². The second kappa shape index (κ2) is 10.5. The lowest BCUT2D eigenvalue weighted by Crippen LogP contribution is -2.10. The SMILES string of the molecule is CCOc1cc(/C=C2\N=C(c3cccc([N+](=O)[O-])c3)OC2=O)cc(Br)c1OC(=O)c1cccc(C)c1. The number of benzene rings is 3. The predicted octanol–water partition coefficient (Wildman–Crippen LogP) is 5.63. The molecule has 0 unspecified atom stereocenters. The summed E-state index contributed by atoms with van der Waals surface area (Å²) in [6, 6.07) is 15.9. The van der Waals surface area contributed by atoms with Crippen LogP contribution in [0.15, 0.2) is 75.8 Å². The van der Waals surface area contributed by atoms with Gasteiger partial charge in [0, 0.05) is 17.7 Å². The molecule has 182 valence electrons. The van der Waals surface area contributed by atoms with Crippen LogP contribution in [0.4, 0.5) is 5.69 Å². The van der Waals surface area contributed by atoms with Gasteiger partial charge in [-0.25, -0.2) is 14.6 Å². The molecular weight excluding hydrogens is 532 g/mol. The minimum Gasteiger partial charge on any atom is -0.490 e.